The number of unbranched alkanes of at least 4 members (excludes halogenated alkanes) is 1. The maximum absolute atomic E-state index is 11.3. The van der Waals surface area contributed by atoms with E-state index in [1.54, 1.807) is 0 Å². The first kappa shape index (κ1) is 17.6. The SMILES string of the molecule is CC.CCCC.O=c1[nH]c(=O)c2cc3c(=O)[nH]c(=O)c3cc12. The van der Waals surface area contributed by atoms with Crippen LogP contribution in [0.5, 0.6) is 0 Å². The van der Waals surface area contributed by atoms with Gasteiger partial charge in [0.25, 0.3) is 22.2 Å². The fourth-order valence-electron chi connectivity index (χ4n) is 1.83. The lowest BCUT2D eigenvalue weighted by molar-refractivity contribution is 0.886. The molecule has 0 spiro atoms. The summed E-state index contributed by atoms with van der Waals surface area (Å²) >= 11 is 0. The lowest BCUT2D eigenvalue weighted by Crippen LogP contribution is -2.06. The van der Waals surface area contributed by atoms with Gasteiger partial charge in [0.05, 0.1) is 21.5 Å². The largest absolute Gasteiger partial charge is 0.288 e. The minimum atomic E-state index is -0.546. The number of aromatic nitrogens is 2. The van der Waals surface area contributed by atoms with Crippen LogP contribution in [0.4, 0.5) is 0 Å². The van der Waals surface area contributed by atoms with Crippen molar-refractivity contribution in [2.45, 2.75) is 40.5 Å². The Bertz CT molecular complexity index is 807. The fourth-order valence-corrected chi connectivity index (χ4v) is 1.83. The van der Waals surface area contributed by atoms with E-state index in [-0.39, 0.29) is 21.5 Å². The van der Waals surface area contributed by atoms with Crippen molar-refractivity contribution in [1.82, 2.24) is 9.97 Å². The van der Waals surface area contributed by atoms with Gasteiger partial charge in [0, 0.05) is 0 Å². The second-order valence-electron chi connectivity index (χ2n) is 4.51. The van der Waals surface area contributed by atoms with Crippen LogP contribution >= 0.6 is 0 Å². The summed E-state index contributed by atoms with van der Waals surface area (Å²) in [4.78, 5) is 49.4. The van der Waals surface area contributed by atoms with Crippen molar-refractivity contribution < 1.29 is 0 Å². The van der Waals surface area contributed by atoms with Gasteiger partial charge in [0.1, 0.15) is 0 Å². The summed E-state index contributed by atoms with van der Waals surface area (Å²) in [5.74, 6) is 0. The Morgan fingerprint density at radius 2 is 0.864 bits per heavy atom. The molecule has 0 amide bonds. The quantitative estimate of drug-likeness (QED) is 0.716. The minimum absolute atomic E-state index is 0.133. The number of rotatable bonds is 1. The summed E-state index contributed by atoms with van der Waals surface area (Å²) in [5.41, 5.74) is -2.19. The number of nitrogens with one attached hydrogen (secondary N) is 2. The van der Waals surface area contributed by atoms with Crippen LogP contribution in [-0.4, -0.2) is 9.97 Å². The van der Waals surface area contributed by atoms with Gasteiger partial charge in [-0.1, -0.05) is 40.5 Å². The minimum Gasteiger partial charge on any atom is -0.288 e. The smallest absolute Gasteiger partial charge is 0.258 e. The van der Waals surface area contributed by atoms with E-state index in [2.05, 4.69) is 23.8 Å². The highest BCUT2D eigenvalue weighted by atomic mass is 16.2. The monoisotopic (exact) mass is 304 g/mol. The average molecular weight is 304 g/mol. The van der Waals surface area contributed by atoms with Crippen LogP contribution in [0.25, 0.3) is 21.5 Å². The molecule has 0 radical (unpaired) electrons. The molecule has 0 bridgehead atoms. The fraction of sp³-hybridized carbons (Fsp3) is 0.375. The Morgan fingerprint density at radius 1 is 0.636 bits per heavy atom. The molecule has 0 aliphatic rings. The first-order chi connectivity index (χ1) is 10.5. The van der Waals surface area contributed by atoms with E-state index in [0.717, 1.165) is 0 Å². The van der Waals surface area contributed by atoms with E-state index in [4.69, 9.17) is 0 Å². The normalized spacial score (nSPS) is 10.0. The summed E-state index contributed by atoms with van der Waals surface area (Å²) in [6.07, 6.45) is 2.64. The highest BCUT2D eigenvalue weighted by Crippen LogP contribution is 2.12. The molecule has 6 nitrogen and oxygen atoms in total. The van der Waals surface area contributed by atoms with Crippen molar-refractivity contribution in [1.29, 1.82) is 0 Å². The van der Waals surface area contributed by atoms with Crippen molar-refractivity contribution in [2.75, 3.05) is 0 Å². The van der Waals surface area contributed by atoms with Crippen molar-refractivity contribution in [3.8, 4) is 0 Å². The van der Waals surface area contributed by atoms with Gasteiger partial charge in [-0.3, -0.25) is 29.1 Å². The molecule has 0 saturated heterocycles. The molecule has 0 unspecified atom stereocenters. The first-order valence-electron chi connectivity index (χ1n) is 7.39. The van der Waals surface area contributed by atoms with E-state index in [0.29, 0.717) is 0 Å². The number of fused-ring (bicyclic) bond motifs is 2. The Balaban J connectivity index is 0.000000354. The molecule has 2 heterocycles. The lowest BCUT2D eigenvalue weighted by Gasteiger charge is -1.86. The summed E-state index contributed by atoms with van der Waals surface area (Å²) in [7, 11) is 0. The molecular formula is C16H20N2O4. The number of hydrogen-bond donors (Lipinski definition) is 2. The third kappa shape index (κ3) is 3.21. The van der Waals surface area contributed by atoms with Crippen LogP contribution < -0.4 is 22.2 Å². The predicted molar refractivity (Wildman–Crippen MR) is 89.5 cm³/mol. The molecule has 0 atom stereocenters. The van der Waals surface area contributed by atoms with Crippen LogP contribution in [0.15, 0.2) is 31.3 Å². The Morgan fingerprint density at radius 3 is 1.05 bits per heavy atom. The molecular weight excluding hydrogens is 284 g/mol. The Kier molecular flexibility index (Phi) is 5.98. The molecule has 6 heteroatoms. The van der Waals surface area contributed by atoms with E-state index in [9.17, 15) is 19.2 Å². The number of hydrogen-bond acceptors (Lipinski definition) is 4. The van der Waals surface area contributed by atoms with E-state index < -0.39 is 22.2 Å². The predicted octanol–water partition coefficient (Wildman–Crippen LogP) is 1.80. The van der Waals surface area contributed by atoms with Crippen LogP contribution in [0, 0.1) is 0 Å². The van der Waals surface area contributed by atoms with E-state index >= 15 is 0 Å². The Hall–Kier alpha value is -2.50. The van der Waals surface area contributed by atoms with Crippen LogP contribution in [0.2, 0.25) is 0 Å². The summed E-state index contributed by atoms with van der Waals surface area (Å²) in [6.45, 7) is 8.36. The molecule has 2 N–H and O–H groups in total. The van der Waals surface area contributed by atoms with Gasteiger partial charge in [-0.2, -0.15) is 0 Å². The zero-order valence-electron chi connectivity index (χ0n) is 13.2. The van der Waals surface area contributed by atoms with E-state index in [1.165, 1.54) is 25.0 Å². The highest BCUT2D eigenvalue weighted by molar-refractivity contribution is 5.97. The molecule has 3 rings (SSSR count). The number of benzene rings is 1. The standard InChI is InChI=1S/C10H4N2O4.C4H10.C2H6/c13-7-3-1-4-6(10(16)12-8(4)14)2-5(3)9(15)11-7;1-3-4-2;1-2/h1-2H,(H,11,13,15)(H,12,14,16);3-4H2,1-2H3;1-2H3. The highest BCUT2D eigenvalue weighted by Gasteiger charge is 2.12. The van der Waals surface area contributed by atoms with Gasteiger partial charge in [-0.05, 0) is 12.1 Å². The molecule has 0 aliphatic heterocycles. The zero-order chi connectivity index (χ0) is 16.9. The number of H-pyrrole nitrogens is 2. The summed E-state index contributed by atoms with van der Waals surface area (Å²) in [5, 5.41) is 0.532. The molecule has 118 valence electrons. The molecule has 0 fully saturated rings. The second kappa shape index (κ2) is 7.49. The van der Waals surface area contributed by atoms with Crippen LogP contribution in [0.1, 0.15) is 40.5 Å². The van der Waals surface area contributed by atoms with Crippen molar-refractivity contribution in [2.24, 2.45) is 0 Å². The van der Waals surface area contributed by atoms with Crippen molar-refractivity contribution >= 4 is 21.5 Å². The van der Waals surface area contributed by atoms with Crippen molar-refractivity contribution in [3.05, 3.63) is 53.5 Å². The van der Waals surface area contributed by atoms with Crippen LogP contribution in [-0.2, 0) is 0 Å². The van der Waals surface area contributed by atoms with Gasteiger partial charge in [0.15, 0.2) is 0 Å². The van der Waals surface area contributed by atoms with Gasteiger partial charge in [-0.15, -0.1) is 0 Å². The molecule has 0 saturated carbocycles. The van der Waals surface area contributed by atoms with Crippen molar-refractivity contribution in [3.63, 3.8) is 0 Å². The zero-order valence-corrected chi connectivity index (χ0v) is 13.2. The van der Waals surface area contributed by atoms with Gasteiger partial charge >= 0.3 is 0 Å². The molecule has 1 aromatic carbocycles. The van der Waals surface area contributed by atoms with Gasteiger partial charge in [0.2, 0.25) is 0 Å². The second-order valence-corrected chi connectivity index (χ2v) is 4.51. The molecule has 22 heavy (non-hydrogen) atoms. The molecule has 3 aromatic rings. The maximum Gasteiger partial charge on any atom is 0.258 e. The number of aromatic amines is 2. The van der Waals surface area contributed by atoms with Crippen LogP contribution in [0.3, 0.4) is 0 Å². The maximum atomic E-state index is 11.3. The van der Waals surface area contributed by atoms with Gasteiger partial charge < -0.3 is 0 Å². The Labute approximate surface area is 126 Å². The topological polar surface area (TPSA) is 99.9 Å². The van der Waals surface area contributed by atoms with E-state index in [1.807, 2.05) is 13.8 Å². The van der Waals surface area contributed by atoms with Gasteiger partial charge in [-0.25, -0.2) is 0 Å². The summed E-state index contributed by atoms with van der Waals surface area (Å²) < 4.78 is 0. The molecule has 2 aromatic heterocycles. The third-order valence-electron chi connectivity index (χ3n) is 3.09. The molecule has 0 aliphatic carbocycles. The summed E-state index contributed by atoms with van der Waals surface area (Å²) in [6, 6.07) is 2.54. The third-order valence-corrected chi connectivity index (χ3v) is 3.09. The average Bonchev–Trinajstić information content (AvgIpc) is 2.97. The lowest BCUT2D eigenvalue weighted by atomic mass is 10.1. The first-order valence-corrected chi connectivity index (χ1v) is 7.39.